The molecule has 1 aromatic rings. The predicted molar refractivity (Wildman–Crippen MR) is 64.7 cm³/mol. The van der Waals surface area contributed by atoms with E-state index < -0.39 is 9.24 Å². The molecule has 3 nitrogen and oxygen atoms in total. The number of benzene rings is 1. The van der Waals surface area contributed by atoms with Crippen LogP contribution in [0.2, 0.25) is 0 Å². The fraction of sp³-hybridized carbons (Fsp3) is 0.455. The number of piperidine rings is 1. The van der Waals surface area contributed by atoms with Gasteiger partial charge in [0, 0.05) is 23.8 Å². The summed E-state index contributed by atoms with van der Waals surface area (Å²) in [5, 5.41) is 0. The lowest BCUT2D eigenvalue weighted by atomic mass is 9.90. The van der Waals surface area contributed by atoms with Gasteiger partial charge >= 0.3 is 0 Å². The Kier molecular flexibility index (Phi) is 3.70. The first kappa shape index (κ1) is 12.8. The van der Waals surface area contributed by atoms with E-state index in [9.17, 15) is 12.8 Å². The second kappa shape index (κ2) is 4.92. The molecule has 1 aliphatic heterocycles. The van der Waals surface area contributed by atoms with E-state index in [-0.39, 0.29) is 11.7 Å². The SMILES string of the molecule is O=S(=O)(Cl)N1CCC(c2ccc(F)cc2)CC1. The molecule has 0 unspecified atom stereocenters. The highest BCUT2D eigenvalue weighted by molar-refractivity contribution is 8.11. The highest BCUT2D eigenvalue weighted by Crippen LogP contribution is 2.29. The Morgan fingerprint density at radius 1 is 1.18 bits per heavy atom. The van der Waals surface area contributed by atoms with Crippen LogP contribution in [-0.2, 0) is 9.24 Å². The lowest BCUT2D eigenvalue weighted by Crippen LogP contribution is -2.35. The second-order valence-electron chi connectivity index (χ2n) is 4.17. The minimum Gasteiger partial charge on any atom is -0.207 e. The van der Waals surface area contributed by atoms with Gasteiger partial charge in [-0.3, -0.25) is 0 Å². The third-order valence-electron chi connectivity index (χ3n) is 3.10. The van der Waals surface area contributed by atoms with Crippen molar-refractivity contribution in [1.82, 2.24) is 4.31 Å². The molecule has 6 heteroatoms. The van der Waals surface area contributed by atoms with Crippen LogP contribution in [0.4, 0.5) is 4.39 Å². The van der Waals surface area contributed by atoms with Gasteiger partial charge in [-0.2, -0.15) is 12.7 Å². The minimum absolute atomic E-state index is 0.255. The lowest BCUT2D eigenvalue weighted by molar-refractivity contribution is 0.325. The summed E-state index contributed by atoms with van der Waals surface area (Å²) in [6, 6.07) is 6.37. The van der Waals surface area contributed by atoms with Crippen LogP contribution in [0.3, 0.4) is 0 Å². The van der Waals surface area contributed by atoms with Crippen molar-refractivity contribution in [2.75, 3.05) is 13.1 Å². The minimum atomic E-state index is -3.59. The molecule has 0 saturated carbocycles. The van der Waals surface area contributed by atoms with Crippen molar-refractivity contribution in [1.29, 1.82) is 0 Å². The number of hydrogen-bond acceptors (Lipinski definition) is 2. The summed E-state index contributed by atoms with van der Waals surface area (Å²) < 4.78 is 36.3. The molecule has 0 amide bonds. The van der Waals surface area contributed by atoms with Gasteiger partial charge in [-0.15, -0.1) is 0 Å². The average molecular weight is 278 g/mol. The van der Waals surface area contributed by atoms with E-state index in [0.29, 0.717) is 13.1 Å². The zero-order chi connectivity index (χ0) is 12.5. The molecule has 0 N–H and O–H groups in total. The smallest absolute Gasteiger partial charge is 0.207 e. The number of nitrogens with zero attached hydrogens (tertiary/aromatic N) is 1. The first-order valence-electron chi connectivity index (χ1n) is 5.42. The zero-order valence-electron chi connectivity index (χ0n) is 9.14. The second-order valence-corrected chi connectivity index (χ2v) is 6.68. The van der Waals surface area contributed by atoms with E-state index in [1.165, 1.54) is 16.4 Å². The molecular formula is C11H13ClFNO2S. The molecule has 94 valence electrons. The fourth-order valence-electron chi connectivity index (χ4n) is 2.14. The molecule has 0 aliphatic carbocycles. The summed E-state index contributed by atoms with van der Waals surface area (Å²) in [6.45, 7) is 0.849. The zero-order valence-corrected chi connectivity index (χ0v) is 10.7. The van der Waals surface area contributed by atoms with Gasteiger partial charge in [-0.05, 0) is 36.5 Å². The highest BCUT2D eigenvalue weighted by atomic mass is 35.7. The van der Waals surface area contributed by atoms with Crippen molar-refractivity contribution in [3.05, 3.63) is 35.6 Å². The molecule has 0 bridgehead atoms. The van der Waals surface area contributed by atoms with Gasteiger partial charge in [0.05, 0.1) is 0 Å². The quantitative estimate of drug-likeness (QED) is 0.779. The first-order valence-corrected chi connectivity index (χ1v) is 7.68. The van der Waals surface area contributed by atoms with Crippen molar-refractivity contribution in [3.8, 4) is 0 Å². The molecular weight excluding hydrogens is 265 g/mol. The van der Waals surface area contributed by atoms with Gasteiger partial charge in [0.25, 0.3) is 9.24 Å². The number of halogens is 2. The van der Waals surface area contributed by atoms with Crippen molar-refractivity contribution < 1.29 is 12.8 Å². The van der Waals surface area contributed by atoms with E-state index in [1.54, 1.807) is 12.1 Å². The molecule has 1 aromatic carbocycles. The highest BCUT2D eigenvalue weighted by Gasteiger charge is 2.26. The van der Waals surface area contributed by atoms with E-state index in [1.807, 2.05) is 0 Å². The monoisotopic (exact) mass is 277 g/mol. The topological polar surface area (TPSA) is 37.4 Å². The van der Waals surface area contributed by atoms with Crippen molar-refractivity contribution in [3.63, 3.8) is 0 Å². The van der Waals surface area contributed by atoms with Crippen LogP contribution < -0.4 is 0 Å². The third-order valence-corrected chi connectivity index (χ3v) is 4.67. The molecule has 17 heavy (non-hydrogen) atoms. The molecule has 0 atom stereocenters. The summed E-state index contributed by atoms with van der Waals surface area (Å²) >= 11 is 0. The molecule has 1 aliphatic rings. The lowest BCUT2D eigenvalue weighted by Gasteiger charge is -2.29. The molecule has 1 fully saturated rings. The van der Waals surface area contributed by atoms with E-state index in [4.69, 9.17) is 10.7 Å². The Hall–Kier alpha value is -0.650. The normalized spacial score (nSPS) is 19.4. The average Bonchev–Trinajstić information content (AvgIpc) is 2.29. The van der Waals surface area contributed by atoms with E-state index in [0.717, 1.165) is 18.4 Å². The maximum Gasteiger partial charge on any atom is 0.299 e. The van der Waals surface area contributed by atoms with Crippen LogP contribution in [-0.4, -0.2) is 25.8 Å². The molecule has 1 saturated heterocycles. The van der Waals surface area contributed by atoms with Gasteiger partial charge < -0.3 is 0 Å². The molecule has 2 rings (SSSR count). The number of hydrogen-bond donors (Lipinski definition) is 0. The Morgan fingerprint density at radius 3 is 2.18 bits per heavy atom. The standard InChI is InChI=1S/C11H13ClFNO2S/c12-17(15,16)14-7-5-10(6-8-14)9-1-3-11(13)4-2-9/h1-4,10H,5-8H2. The molecule has 0 spiro atoms. The van der Waals surface area contributed by atoms with Crippen LogP contribution in [0, 0.1) is 5.82 Å². The Balaban J connectivity index is 2.02. The van der Waals surface area contributed by atoms with Crippen molar-refractivity contribution in [2.24, 2.45) is 0 Å². The summed E-state index contributed by atoms with van der Waals surface area (Å²) in [7, 11) is 1.68. The maximum absolute atomic E-state index is 12.8. The summed E-state index contributed by atoms with van der Waals surface area (Å²) in [5.41, 5.74) is 1.05. The van der Waals surface area contributed by atoms with E-state index in [2.05, 4.69) is 0 Å². The van der Waals surface area contributed by atoms with Crippen LogP contribution >= 0.6 is 10.7 Å². The number of rotatable bonds is 2. The fourth-order valence-corrected chi connectivity index (χ4v) is 3.20. The van der Waals surface area contributed by atoms with Gasteiger partial charge in [-0.1, -0.05) is 12.1 Å². The van der Waals surface area contributed by atoms with Gasteiger partial charge in [0.1, 0.15) is 5.82 Å². The van der Waals surface area contributed by atoms with Crippen LogP contribution in [0.1, 0.15) is 24.3 Å². The predicted octanol–water partition coefficient (Wildman–Crippen LogP) is 2.49. The van der Waals surface area contributed by atoms with Gasteiger partial charge in [0.2, 0.25) is 0 Å². The molecule has 1 heterocycles. The Bertz CT molecular complexity index is 481. The summed E-state index contributed by atoms with van der Waals surface area (Å²) in [6.07, 6.45) is 1.44. The van der Waals surface area contributed by atoms with E-state index >= 15 is 0 Å². The van der Waals surface area contributed by atoms with Crippen molar-refractivity contribution >= 4 is 19.9 Å². The van der Waals surface area contributed by atoms with Gasteiger partial charge in [0.15, 0.2) is 0 Å². The van der Waals surface area contributed by atoms with Crippen molar-refractivity contribution in [2.45, 2.75) is 18.8 Å². The Labute approximate surface area is 105 Å². The van der Waals surface area contributed by atoms with Crippen LogP contribution in [0.25, 0.3) is 0 Å². The summed E-state index contributed by atoms with van der Waals surface area (Å²) in [4.78, 5) is 0. The first-order chi connectivity index (χ1) is 7.97. The third kappa shape index (κ3) is 3.18. The molecule has 0 aromatic heterocycles. The summed E-state index contributed by atoms with van der Waals surface area (Å²) in [5.74, 6) is 0.0276. The molecule has 0 radical (unpaired) electrons. The maximum atomic E-state index is 12.8. The van der Waals surface area contributed by atoms with Crippen LogP contribution in [0.15, 0.2) is 24.3 Å². The van der Waals surface area contributed by atoms with Crippen LogP contribution in [0.5, 0.6) is 0 Å². The largest absolute Gasteiger partial charge is 0.299 e. The van der Waals surface area contributed by atoms with Gasteiger partial charge in [-0.25, -0.2) is 4.39 Å². The Morgan fingerprint density at radius 2 is 1.71 bits per heavy atom.